The maximum absolute atomic E-state index is 12.6. The van der Waals surface area contributed by atoms with Crippen molar-refractivity contribution in [3.63, 3.8) is 0 Å². The van der Waals surface area contributed by atoms with Gasteiger partial charge in [0.05, 0.1) is 0 Å². The van der Waals surface area contributed by atoms with Gasteiger partial charge in [-0.1, -0.05) is 48.0 Å². The van der Waals surface area contributed by atoms with E-state index in [0.29, 0.717) is 0 Å². The van der Waals surface area contributed by atoms with E-state index >= 15 is 0 Å². The molecule has 3 nitrogen and oxygen atoms in total. The highest BCUT2D eigenvalue weighted by Crippen LogP contribution is 2.38. The smallest absolute Gasteiger partial charge is 0.308 e. The molecule has 0 saturated carbocycles. The van der Waals surface area contributed by atoms with Crippen molar-refractivity contribution in [3.05, 3.63) is 65.2 Å². The number of anilines is 1. The first kappa shape index (κ1) is 15.0. The third-order valence-corrected chi connectivity index (χ3v) is 5.12. The van der Waals surface area contributed by atoms with Crippen molar-refractivity contribution in [1.29, 1.82) is 0 Å². The summed E-state index contributed by atoms with van der Waals surface area (Å²) in [6, 6.07) is 16.3. The molecule has 1 atom stereocenters. The summed E-state index contributed by atoms with van der Waals surface area (Å²) < 4.78 is 0. The summed E-state index contributed by atoms with van der Waals surface area (Å²) in [6.45, 7) is 4.86. The maximum atomic E-state index is 12.6. The van der Waals surface area contributed by atoms with Crippen LogP contribution in [-0.4, -0.2) is 23.2 Å². The van der Waals surface area contributed by atoms with Gasteiger partial charge < -0.3 is 10.2 Å². The molecule has 1 aliphatic heterocycles. The van der Waals surface area contributed by atoms with E-state index in [4.69, 9.17) is 0 Å². The molecule has 1 N–H and O–H groups in total. The van der Waals surface area contributed by atoms with Crippen LogP contribution in [0.5, 0.6) is 0 Å². The normalized spacial score (nSPS) is 17.5. The molecule has 0 aliphatic carbocycles. The first-order valence-corrected chi connectivity index (χ1v) is 8.51. The summed E-state index contributed by atoms with van der Waals surface area (Å²) in [7, 11) is 0. The zero-order chi connectivity index (χ0) is 15.5. The van der Waals surface area contributed by atoms with Crippen LogP contribution in [0.3, 0.4) is 0 Å². The fraction of sp³-hybridized carbons (Fsp3) is 0.278. The summed E-state index contributed by atoms with van der Waals surface area (Å²) in [5.74, 6) is 0.972. The zero-order valence-corrected chi connectivity index (χ0v) is 13.7. The van der Waals surface area contributed by atoms with Crippen molar-refractivity contribution in [1.82, 2.24) is 4.90 Å². The van der Waals surface area contributed by atoms with Crippen molar-refractivity contribution in [2.24, 2.45) is 0 Å². The zero-order valence-electron chi connectivity index (χ0n) is 12.9. The molecular weight excluding hydrogens is 292 g/mol. The Kier molecular flexibility index (Phi) is 4.39. The first-order chi connectivity index (χ1) is 10.6. The number of benzene rings is 2. The Hall–Kier alpha value is -1.94. The van der Waals surface area contributed by atoms with Crippen molar-refractivity contribution in [2.45, 2.75) is 19.2 Å². The van der Waals surface area contributed by atoms with Crippen LogP contribution in [0.1, 0.15) is 22.1 Å². The number of hydrogen-bond acceptors (Lipinski definition) is 2. The van der Waals surface area contributed by atoms with E-state index in [0.717, 1.165) is 23.5 Å². The predicted molar refractivity (Wildman–Crippen MR) is 93.3 cm³/mol. The van der Waals surface area contributed by atoms with Crippen LogP contribution < -0.4 is 5.32 Å². The number of carbonyl (C=O) groups excluding carboxylic acids is 1. The van der Waals surface area contributed by atoms with E-state index in [9.17, 15) is 4.79 Å². The molecule has 4 heteroatoms. The number of aryl methyl sites for hydroxylation is 2. The molecule has 1 fully saturated rings. The van der Waals surface area contributed by atoms with Gasteiger partial charge in [0.25, 0.3) is 0 Å². The summed E-state index contributed by atoms with van der Waals surface area (Å²) in [6.07, 6.45) is 0. The largest absolute Gasteiger partial charge is 0.323 e. The van der Waals surface area contributed by atoms with E-state index in [1.54, 1.807) is 0 Å². The van der Waals surface area contributed by atoms with E-state index in [2.05, 4.69) is 30.4 Å². The Morgan fingerprint density at radius 3 is 2.68 bits per heavy atom. The molecule has 0 radical (unpaired) electrons. The number of urea groups is 1. The Morgan fingerprint density at radius 2 is 1.95 bits per heavy atom. The van der Waals surface area contributed by atoms with Crippen LogP contribution in [0.2, 0.25) is 0 Å². The van der Waals surface area contributed by atoms with Crippen LogP contribution in [0, 0.1) is 13.8 Å². The van der Waals surface area contributed by atoms with Crippen molar-refractivity contribution < 1.29 is 4.79 Å². The third-order valence-electron chi connectivity index (χ3n) is 3.86. The Balaban J connectivity index is 1.76. The van der Waals surface area contributed by atoms with Gasteiger partial charge in [0.15, 0.2) is 0 Å². The Bertz CT molecular complexity index is 672. The second kappa shape index (κ2) is 6.44. The number of rotatable bonds is 2. The van der Waals surface area contributed by atoms with E-state index < -0.39 is 0 Å². The molecule has 114 valence electrons. The Morgan fingerprint density at radius 1 is 1.18 bits per heavy atom. The highest BCUT2D eigenvalue weighted by atomic mass is 32.2. The van der Waals surface area contributed by atoms with Crippen molar-refractivity contribution >= 4 is 23.5 Å². The lowest BCUT2D eigenvalue weighted by Gasteiger charge is -2.25. The highest BCUT2D eigenvalue weighted by Gasteiger charge is 2.30. The molecule has 1 heterocycles. The van der Waals surface area contributed by atoms with Crippen LogP contribution >= 0.6 is 11.8 Å². The Labute approximate surface area is 135 Å². The van der Waals surface area contributed by atoms with Gasteiger partial charge in [-0.25, -0.2) is 4.79 Å². The average Bonchev–Trinajstić information content (AvgIpc) is 3.00. The SMILES string of the molecule is Cc1ccc(NC(=O)N2CCSC2c2ccccc2)c(C)c1. The predicted octanol–water partition coefficient (Wildman–Crippen LogP) is 4.58. The number of nitrogens with one attached hydrogen (secondary N) is 1. The number of carbonyl (C=O) groups is 1. The number of thioether (sulfide) groups is 1. The average molecular weight is 312 g/mol. The van der Waals surface area contributed by atoms with Gasteiger partial charge in [-0.05, 0) is 31.0 Å². The second-order valence-corrected chi connectivity index (χ2v) is 6.76. The molecule has 0 aromatic heterocycles. The molecule has 0 bridgehead atoms. The lowest BCUT2D eigenvalue weighted by molar-refractivity contribution is 0.214. The van der Waals surface area contributed by atoms with Gasteiger partial charge in [-0.3, -0.25) is 0 Å². The van der Waals surface area contributed by atoms with Gasteiger partial charge in [0.2, 0.25) is 0 Å². The van der Waals surface area contributed by atoms with Crippen LogP contribution in [0.4, 0.5) is 10.5 Å². The van der Waals surface area contributed by atoms with E-state index in [1.165, 1.54) is 11.1 Å². The van der Waals surface area contributed by atoms with Crippen LogP contribution in [-0.2, 0) is 0 Å². The molecule has 0 spiro atoms. The topological polar surface area (TPSA) is 32.3 Å². The number of hydrogen-bond donors (Lipinski definition) is 1. The minimum absolute atomic E-state index is 0.0224. The number of nitrogens with zero attached hydrogens (tertiary/aromatic N) is 1. The van der Waals surface area contributed by atoms with Crippen molar-refractivity contribution in [3.8, 4) is 0 Å². The molecule has 2 aromatic rings. The fourth-order valence-electron chi connectivity index (χ4n) is 2.71. The monoisotopic (exact) mass is 312 g/mol. The second-order valence-electron chi connectivity index (χ2n) is 5.58. The maximum Gasteiger partial charge on any atom is 0.323 e. The summed E-state index contributed by atoms with van der Waals surface area (Å²) in [4.78, 5) is 14.6. The van der Waals surface area contributed by atoms with Gasteiger partial charge in [0.1, 0.15) is 5.37 Å². The fourth-order valence-corrected chi connectivity index (χ4v) is 3.97. The number of amides is 2. The molecule has 2 amide bonds. The lowest BCUT2D eigenvalue weighted by Crippen LogP contribution is -2.34. The van der Waals surface area contributed by atoms with Gasteiger partial charge >= 0.3 is 6.03 Å². The molecule has 1 aliphatic rings. The molecule has 2 aromatic carbocycles. The summed E-state index contributed by atoms with van der Waals surface area (Å²) in [5, 5.41) is 3.16. The van der Waals surface area contributed by atoms with Gasteiger partial charge in [-0.2, -0.15) is 0 Å². The lowest BCUT2D eigenvalue weighted by atomic mass is 10.1. The van der Waals surface area contributed by atoms with Gasteiger partial charge in [-0.15, -0.1) is 11.8 Å². The minimum atomic E-state index is -0.0224. The highest BCUT2D eigenvalue weighted by molar-refractivity contribution is 7.99. The van der Waals surface area contributed by atoms with Gasteiger partial charge in [0, 0.05) is 18.0 Å². The quantitative estimate of drug-likeness (QED) is 0.880. The molecule has 1 saturated heterocycles. The van der Waals surface area contributed by atoms with Crippen LogP contribution in [0.15, 0.2) is 48.5 Å². The first-order valence-electron chi connectivity index (χ1n) is 7.46. The molecular formula is C18H20N2OS. The van der Waals surface area contributed by atoms with E-state index in [-0.39, 0.29) is 11.4 Å². The molecule has 3 rings (SSSR count). The summed E-state index contributed by atoms with van der Waals surface area (Å²) >= 11 is 1.81. The summed E-state index contributed by atoms with van der Waals surface area (Å²) in [5.41, 5.74) is 4.37. The minimum Gasteiger partial charge on any atom is -0.308 e. The van der Waals surface area contributed by atoms with Crippen LogP contribution in [0.25, 0.3) is 0 Å². The van der Waals surface area contributed by atoms with Crippen molar-refractivity contribution in [2.75, 3.05) is 17.6 Å². The molecule has 1 unspecified atom stereocenters. The standard InChI is InChI=1S/C18H20N2OS/c1-13-8-9-16(14(2)12-13)19-18(21)20-10-11-22-17(20)15-6-4-3-5-7-15/h3-9,12,17H,10-11H2,1-2H3,(H,19,21). The van der Waals surface area contributed by atoms with E-state index in [1.807, 2.05) is 53.9 Å². The molecule has 22 heavy (non-hydrogen) atoms. The third kappa shape index (κ3) is 3.12.